The van der Waals surface area contributed by atoms with Gasteiger partial charge in [-0.15, -0.1) is 0 Å². The highest BCUT2D eigenvalue weighted by atomic mass is 32.2. The van der Waals surface area contributed by atoms with E-state index >= 15 is 0 Å². The first kappa shape index (κ1) is 24.4. The Morgan fingerprint density at radius 3 is 2.48 bits per heavy atom. The molecule has 33 heavy (non-hydrogen) atoms. The van der Waals surface area contributed by atoms with E-state index in [1.54, 1.807) is 37.5 Å². The summed E-state index contributed by atoms with van der Waals surface area (Å²) >= 11 is 0.836. The molecule has 2 aromatic rings. The second-order valence-electron chi connectivity index (χ2n) is 7.88. The van der Waals surface area contributed by atoms with Crippen molar-refractivity contribution in [1.82, 2.24) is 4.90 Å². The third-order valence-corrected chi connectivity index (χ3v) is 6.06. The minimum absolute atomic E-state index is 0.231. The van der Waals surface area contributed by atoms with Crippen LogP contribution >= 0.6 is 11.8 Å². The van der Waals surface area contributed by atoms with E-state index in [2.05, 4.69) is 19.2 Å². The molecule has 0 unspecified atom stereocenters. The van der Waals surface area contributed by atoms with Crippen LogP contribution in [0.1, 0.15) is 43.4 Å². The summed E-state index contributed by atoms with van der Waals surface area (Å²) < 4.78 is 10.8. The average molecular weight is 469 g/mol. The van der Waals surface area contributed by atoms with Crippen LogP contribution in [0.4, 0.5) is 10.5 Å². The third-order valence-electron chi connectivity index (χ3n) is 5.15. The van der Waals surface area contributed by atoms with E-state index in [-0.39, 0.29) is 17.4 Å². The Bertz CT molecular complexity index is 1090. The SMILES string of the molecule is CCOc1ccc(NC(=O)CN2C(=O)S/C(=C/c3cc(C(C)C)c(OC)cc3C)C2=O)cc1. The number of carbonyl (C=O) groups is 3. The van der Waals surface area contributed by atoms with Crippen molar-refractivity contribution in [3.05, 3.63) is 58.0 Å². The Balaban J connectivity index is 1.73. The first-order valence-corrected chi connectivity index (χ1v) is 11.5. The summed E-state index contributed by atoms with van der Waals surface area (Å²) in [7, 11) is 1.63. The number of hydrogen-bond donors (Lipinski definition) is 1. The van der Waals surface area contributed by atoms with Crippen LogP contribution in [0, 0.1) is 6.92 Å². The molecule has 1 aliphatic rings. The van der Waals surface area contributed by atoms with Gasteiger partial charge in [0.25, 0.3) is 11.1 Å². The lowest BCUT2D eigenvalue weighted by Gasteiger charge is -2.15. The molecular formula is C25H28N2O5S. The molecule has 3 rings (SSSR count). The Morgan fingerprint density at radius 2 is 1.88 bits per heavy atom. The number of anilines is 1. The summed E-state index contributed by atoms with van der Waals surface area (Å²) in [5.74, 6) is 0.785. The van der Waals surface area contributed by atoms with E-state index in [1.807, 2.05) is 26.0 Å². The van der Waals surface area contributed by atoms with E-state index in [0.717, 1.165) is 39.1 Å². The Morgan fingerprint density at radius 1 is 1.18 bits per heavy atom. The van der Waals surface area contributed by atoms with Crippen molar-refractivity contribution in [2.75, 3.05) is 25.6 Å². The van der Waals surface area contributed by atoms with Crippen LogP contribution in [0.5, 0.6) is 11.5 Å². The van der Waals surface area contributed by atoms with Gasteiger partial charge < -0.3 is 14.8 Å². The standard InChI is InChI=1S/C25H28N2O5S/c1-6-32-19-9-7-18(8-10-19)26-23(28)14-27-24(29)22(33-25(27)30)13-17-12-20(15(2)3)21(31-5)11-16(17)4/h7-13,15H,6,14H2,1-5H3,(H,26,28)/b22-13+. The number of rotatable bonds is 8. The highest BCUT2D eigenvalue weighted by Gasteiger charge is 2.36. The molecule has 2 aromatic carbocycles. The summed E-state index contributed by atoms with van der Waals surface area (Å²) in [6, 6.07) is 10.8. The van der Waals surface area contributed by atoms with Crippen molar-refractivity contribution in [2.45, 2.75) is 33.6 Å². The summed E-state index contributed by atoms with van der Waals surface area (Å²) in [4.78, 5) is 39.0. The number of hydrogen-bond acceptors (Lipinski definition) is 6. The molecule has 174 valence electrons. The van der Waals surface area contributed by atoms with Gasteiger partial charge in [-0.2, -0.15) is 0 Å². The number of thioether (sulfide) groups is 1. The topological polar surface area (TPSA) is 84.9 Å². The maximum Gasteiger partial charge on any atom is 0.294 e. The molecule has 0 bridgehead atoms. The second kappa shape index (κ2) is 10.6. The van der Waals surface area contributed by atoms with E-state index in [0.29, 0.717) is 18.0 Å². The number of carbonyl (C=O) groups excluding carboxylic acids is 3. The van der Waals surface area contributed by atoms with Gasteiger partial charge >= 0.3 is 0 Å². The van der Waals surface area contributed by atoms with Crippen molar-refractivity contribution in [3.63, 3.8) is 0 Å². The number of amides is 3. The lowest BCUT2D eigenvalue weighted by molar-refractivity contribution is -0.127. The fourth-order valence-corrected chi connectivity index (χ4v) is 4.25. The van der Waals surface area contributed by atoms with Gasteiger partial charge in [-0.25, -0.2) is 0 Å². The zero-order valence-corrected chi connectivity index (χ0v) is 20.2. The Kier molecular flexibility index (Phi) is 7.81. The molecule has 7 nitrogen and oxygen atoms in total. The monoisotopic (exact) mass is 468 g/mol. The molecule has 1 heterocycles. The fourth-order valence-electron chi connectivity index (χ4n) is 3.42. The van der Waals surface area contributed by atoms with Gasteiger partial charge in [-0.3, -0.25) is 19.3 Å². The fraction of sp³-hybridized carbons (Fsp3) is 0.320. The molecule has 3 amide bonds. The minimum atomic E-state index is -0.479. The number of nitrogens with one attached hydrogen (secondary N) is 1. The first-order valence-electron chi connectivity index (χ1n) is 10.7. The largest absolute Gasteiger partial charge is 0.496 e. The van der Waals surface area contributed by atoms with Crippen molar-refractivity contribution >= 4 is 40.6 Å². The zero-order chi connectivity index (χ0) is 24.1. The summed E-state index contributed by atoms with van der Waals surface area (Å²) in [6.07, 6.45) is 1.70. The molecule has 1 aliphatic heterocycles. The number of ether oxygens (including phenoxy) is 2. The highest BCUT2D eigenvalue weighted by molar-refractivity contribution is 8.18. The molecule has 0 atom stereocenters. The molecule has 0 spiro atoms. The van der Waals surface area contributed by atoms with Crippen LogP contribution in [0.25, 0.3) is 6.08 Å². The lowest BCUT2D eigenvalue weighted by atomic mass is 9.96. The van der Waals surface area contributed by atoms with Gasteiger partial charge in [0.15, 0.2) is 0 Å². The second-order valence-corrected chi connectivity index (χ2v) is 8.87. The Hall–Kier alpha value is -3.26. The third kappa shape index (κ3) is 5.76. The van der Waals surface area contributed by atoms with Gasteiger partial charge in [0, 0.05) is 5.69 Å². The maximum absolute atomic E-state index is 12.9. The quantitative estimate of drug-likeness (QED) is 0.536. The first-order chi connectivity index (χ1) is 15.7. The predicted octanol–water partition coefficient (Wildman–Crippen LogP) is 5.20. The minimum Gasteiger partial charge on any atom is -0.496 e. The molecule has 0 aromatic heterocycles. The highest BCUT2D eigenvalue weighted by Crippen LogP contribution is 2.35. The number of methoxy groups -OCH3 is 1. The van der Waals surface area contributed by atoms with E-state index < -0.39 is 17.1 Å². The van der Waals surface area contributed by atoms with Gasteiger partial charge in [0.2, 0.25) is 5.91 Å². The van der Waals surface area contributed by atoms with Crippen LogP contribution in [0.2, 0.25) is 0 Å². The van der Waals surface area contributed by atoms with Gasteiger partial charge in [0.05, 0.1) is 18.6 Å². The van der Waals surface area contributed by atoms with E-state index in [1.165, 1.54) is 0 Å². The molecule has 1 fully saturated rings. The average Bonchev–Trinajstić information content (AvgIpc) is 3.03. The number of benzene rings is 2. The maximum atomic E-state index is 12.9. The smallest absolute Gasteiger partial charge is 0.294 e. The summed E-state index contributed by atoms with van der Waals surface area (Å²) in [5, 5.41) is 2.23. The van der Waals surface area contributed by atoms with Crippen molar-refractivity contribution in [2.24, 2.45) is 0 Å². The van der Waals surface area contributed by atoms with E-state index in [9.17, 15) is 14.4 Å². The van der Waals surface area contributed by atoms with E-state index in [4.69, 9.17) is 9.47 Å². The van der Waals surface area contributed by atoms with Crippen LogP contribution in [-0.2, 0) is 9.59 Å². The summed E-state index contributed by atoms with van der Waals surface area (Å²) in [6.45, 7) is 8.13. The predicted molar refractivity (Wildman–Crippen MR) is 131 cm³/mol. The van der Waals surface area contributed by atoms with Crippen LogP contribution in [-0.4, -0.2) is 42.2 Å². The lowest BCUT2D eigenvalue weighted by Crippen LogP contribution is -2.36. The zero-order valence-electron chi connectivity index (χ0n) is 19.4. The van der Waals surface area contributed by atoms with Gasteiger partial charge in [-0.1, -0.05) is 13.8 Å². The van der Waals surface area contributed by atoms with Crippen LogP contribution in [0.15, 0.2) is 41.3 Å². The molecule has 0 radical (unpaired) electrons. The molecule has 0 aliphatic carbocycles. The van der Waals surface area contributed by atoms with Crippen LogP contribution in [0.3, 0.4) is 0 Å². The van der Waals surface area contributed by atoms with Crippen LogP contribution < -0.4 is 14.8 Å². The number of aryl methyl sites for hydroxylation is 1. The van der Waals surface area contributed by atoms with Gasteiger partial charge in [-0.05, 0) is 90.7 Å². The number of imide groups is 1. The number of nitrogens with zero attached hydrogens (tertiary/aromatic N) is 1. The van der Waals surface area contributed by atoms with Crippen molar-refractivity contribution in [3.8, 4) is 11.5 Å². The summed E-state index contributed by atoms with van der Waals surface area (Å²) in [5.41, 5.74) is 3.34. The molecule has 1 saturated heterocycles. The Labute approximate surface area is 198 Å². The normalized spacial score (nSPS) is 14.8. The van der Waals surface area contributed by atoms with Crippen molar-refractivity contribution < 1.29 is 23.9 Å². The van der Waals surface area contributed by atoms with Crippen molar-refractivity contribution in [1.29, 1.82) is 0 Å². The molecule has 0 saturated carbocycles. The molecular weight excluding hydrogens is 440 g/mol. The van der Waals surface area contributed by atoms with Gasteiger partial charge in [0.1, 0.15) is 18.0 Å². The molecule has 1 N–H and O–H groups in total. The molecule has 8 heteroatoms.